The van der Waals surface area contributed by atoms with Gasteiger partial charge in [-0.1, -0.05) is 13.8 Å². The smallest absolute Gasteiger partial charge is 0.347 e. The number of nitrogens with one attached hydrogen (secondary N) is 1. The predicted molar refractivity (Wildman–Crippen MR) is 193 cm³/mol. The Morgan fingerprint density at radius 1 is 1.05 bits per heavy atom. The molecule has 0 saturated carbocycles. The number of carbonyl (C=O) groups is 4. The molecular weight excluding hydrogens is 736 g/mol. The molecule has 0 unspecified atom stereocenters. The van der Waals surface area contributed by atoms with E-state index in [2.05, 4.69) is 5.32 Å². The Balaban J connectivity index is 1.23. The van der Waals surface area contributed by atoms with E-state index < -0.39 is 71.7 Å². The largest absolute Gasteiger partial charge is 0.479 e. The maximum absolute atomic E-state index is 13.8. The van der Waals surface area contributed by atoms with Gasteiger partial charge in [-0.05, 0) is 61.7 Å². The van der Waals surface area contributed by atoms with Gasteiger partial charge < -0.3 is 60.1 Å². The van der Waals surface area contributed by atoms with Crippen molar-refractivity contribution in [2.24, 2.45) is 5.73 Å². The van der Waals surface area contributed by atoms with E-state index in [0.29, 0.717) is 28.7 Å². The second-order valence-electron chi connectivity index (χ2n) is 13.8. The Labute approximate surface area is 317 Å². The summed E-state index contributed by atoms with van der Waals surface area (Å²) in [6.07, 6.45) is -9.37. The van der Waals surface area contributed by atoms with Crippen LogP contribution >= 0.6 is 0 Å². The number of rotatable bonds is 9. The number of nitrogens with two attached hydrogens (primary N) is 1. The molecule has 56 heavy (non-hydrogen) atoms. The SMILES string of the molecule is CCc1c2c(nc3ccc(OC(=O)c4ccc(NC(=O)[C@H](C)N)cc4O[C@@H]4O[C@H](C(=O)O)[C@@H](O)[C@H](O)[C@H]4O)cc13)-c1cc3c(c(=O)n1C2)COC(=O)[C@]3(O)CC. The number of aliphatic hydroxyl groups is 4. The Hall–Kier alpha value is -5.76. The number of aromatic nitrogens is 2. The van der Waals surface area contributed by atoms with Crippen molar-refractivity contribution >= 4 is 40.4 Å². The zero-order valence-corrected chi connectivity index (χ0v) is 30.2. The molecule has 18 heteroatoms. The van der Waals surface area contributed by atoms with Crippen LogP contribution in [0.3, 0.4) is 0 Å². The number of aliphatic carboxylic acids is 1. The molecule has 1 amide bonds. The average Bonchev–Trinajstić information content (AvgIpc) is 3.54. The van der Waals surface area contributed by atoms with Crippen molar-refractivity contribution in [3.05, 3.63) is 80.6 Å². The summed E-state index contributed by atoms with van der Waals surface area (Å²) in [5.74, 6) is -4.33. The number of amides is 1. The lowest BCUT2D eigenvalue weighted by Crippen LogP contribution is -2.61. The van der Waals surface area contributed by atoms with Gasteiger partial charge in [0, 0.05) is 28.3 Å². The van der Waals surface area contributed by atoms with Crippen LogP contribution in [0.25, 0.3) is 22.3 Å². The van der Waals surface area contributed by atoms with E-state index in [1.54, 1.807) is 25.1 Å². The average molecular weight is 775 g/mol. The predicted octanol–water partition coefficient (Wildman–Crippen LogP) is 0.418. The lowest BCUT2D eigenvalue weighted by Gasteiger charge is -2.38. The van der Waals surface area contributed by atoms with E-state index >= 15 is 0 Å². The van der Waals surface area contributed by atoms with Gasteiger partial charge >= 0.3 is 17.9 Å². The zero-order valence-electron chi connectivity index (χ0n) is 30.2. The number of carboxylic acid groups (broad SMARTS) is 1. The monoisotopic (exact) mass is 774 g/mol. The fourth-order valence-electron chi connectivity index (χ4n) is 7.17. The number of anilines is 1. The molecule has 2 aromatic heterocycles. The lowest BCUT2D eigenvalue weighted by molar-refractivity contribution is -0.271. The van der Waals surface area contributed by atoms with Gasteiger partial charge in [0.1, 0.15) is 42.0 Å². The quantitative estimate of drug-likeness (QED) is 0.0789. The molecule has 0 spiro atoms. The van der Waals surface area contributed by atoms with Crippen LogP contribution in [0.5, 0.6) is 11.5 Å². The summed E-state index contributed by atoms with van der Waals surface area (Å²) in [5.41, 5.74) is 6.47. The van der Waals surface area contributed by atoms with E-state index in [4.69, 9.17) is 29.7 Å². The van der Waals surface area contributed by atoms with Gasteiger partial charge in [-0.2, -0.15) is 0 Å². The molecule has 294 valence electrons. The van der Waals surface area contributed by atoms with E-state index in [1.165, 1.54) is 35.8 Å². The number of aliphatic hydroxyl groups excluding tert-OH is 3. The number of esters is 2. The molecule has 0 bridgehead atoms. The number of cyclic esters (lactones) is 1. The molecule has 3 aliphatic rings. The molecule has 18 nitrogen and oxygen atoms in total. The van der Waals surface area contributed by atoms with Gasteiger partial charge in [0.15, 0.2) is 11.7 Å². The summed E-state index contributed by atoms with van der Waals surface area (Å²) < 4.78 is 23.4. The molecule has 1 saturated heterocycles. The number of aryl methyl sites for hydroxylation is 1. The third-order valence-electron chi connectivity index (χ3n) is 10.3. The maximum Gasteiger partial charge on any atom is 0.347 e. The van der Waals surface area contributed by atoms with Crippen molar-refractivity contribution in [1.29, 1.82) is 0 Å². The van der Waals surface area contributed by atoms with Gasteiger partial charge in [-0.25, -0.2) is 19.4 Å². The minimum atomic E-state index is -2.00. The Morgan fingerprint density at radius 3 is 2.48 bits per heavy atom. The van der Waals surface area contributed by atoms with Gasteiger partial charge in [-0.15, -0.1) is 0 Å². The second-order valence-corrected chi connectivity index (χ2v) is 13.8. The van der Waals surface area contributed by atoms with E-state index in [1.807, 2.05) is 6.92 Å². The number of benzene rings is 2. The first-order valence-corrected chi connectivity index (χ1v) is 17.7. The summed E-state index contributed by atoms with van der Waals surface area (Å²) in [4.78, 5) is 68.9. The fourth-order valence-corrected chi connectivity index (χ4v) is 7.17. The molecule has 2 aromatic carbocycles. The zero-order chi connectivity index (χ0) is 40.4. The Kier molecular flexibility index (Phi) is 9.90. The van der Waals surface area contributed by atoms with Gasteiger partial charge in [0.25, 0.3) is 5.56 Å². The highest BCUT2D eigenvalue weighted by atomic mass is 16.7. The number of carbonyl (C=O) groups excluding carboxylic acids is 3. The van der Waals surface area contributed by atoms with Crippen molar-refractivity contribution in [3.63, 3.8) is 0 Å². The first-order chi connectivity index (χ1) is 26.6. The van der Waals surface area contributed by atoms with Crippen LogP contribution in [0.4, 0.5) is 5.69 Å². The molecule has 5 heterocycles. The maximum atomic E-state index is 13.8. The number of nitrogens with zero attached hydrogens (tertiary/aromatic N) is 2. The molecule has 4 aromatic rings. The molecule has 8 N–H and O–H groups in total. The van der Waals surface area contributed by atoms with Crippen molar-refractivity contribution < 1.29 is 63.7 Å². The summed E-state index contributed by atoms with van der Waals surface area (Å²) in [5, 5.41) is 54.9. The number of hydrogen-bond donors (Lipinski definition) is 7. The van der Waals surface area contributed by atoms with Crippen LogP contribution in [-0.2, 0) is 49.0 Å². The van der Waals surface area contributed by atoms with Crippen molar-refractivity contribution in [1.82, 2.24) is 9.55 Å². The van der Waals surface area contributed by atoms with Crippen LogP contribution < -0.4 is 26.1 Å². The normalized spacial score (nSPS) is 24.4. The van der Waals surface area contributed by atoms with E-state index in [-0.39, 0.29) is 53.4 Å². The van der Waals surface area contributed by atoms with Crippen LogP contribution in [0, 0.1) is 0 Å². The summed E-state index contributed by atoms with van der Waals surface area (Å²) in [7, 11) is 0. The second kappa shape index (κ2) is 14.4. The first-order valence-electron chi connectivity index (χ1n) is 17.7. The van der Waals surface area contributed by atoms with Crippen molar-refractivity contribution in [2.45, 2.75) is 89.1 Å². The summed E-state index contributed by atoms with van der Waals surface area (Å²) in [6.45, 7) is 4.86. The summed E-state index contributed by atoms with van der Waals surface area (Å²) >= 11 is 0. The highest BCUT2D eigenvalue weighted by molar-refractivity contribution is 5.98. The molecular formula is C38H38N4O14. The first kappa shape index (κ1) is 38.5. The number of hydrogen-bond acceptors (Lipinski definition) is 15. The van der Waals surface area contributed by atoms with E-state index in [9.17, 15) is 49.5 Å². The Bertz CT molecular complexity index is 2380. The molecule has 0 aliphatic carbocycles. The molecule has 0 radical (unpaired) electrons. The van der Waals surface area contributed by atoms with Gasteiger partial charge in [0.05, 0.1) is 35.1 Å². The number of fused-ring (bicyclic) bond motifs is 5. The van der Waals surface area contributed by atoms with Crippen LogP contribution in [0.15, 0.2) is 47.3 Å². The number of pyridine rings is 2. The van der Waals surface area contributed by atoms with Crippen molar-refractivity contribution in [2.75, 3.05) is 5.32 Å². The standard InChI is InChI=1S/C38H38N4O14/c1-4-18-20-11-17(7-9-24(20)41-27-21(18)13-42-25(27)12-23-22(33(42)47)14-53-37(51)38(23,52)5-2)54-35(50)19-8-6-16(40-32(46)15(3)39)10-26(19)55-36-30(45)28(43)29(44)31(56-36)34(48)49/h6-12,15,28-31,36,43-45,52H,4-5,13-14,39H2,1-3H3,(H,40,46)(H,48,49)/t15-,28-,29-,30+,31-,36+,38-/m0/s1. The molecule has 3 aliphatic heterocycles. The minimum absolute atomic E-state index is 0.00190. The van der Waals surface area contributed by atoms with Crippen LogP contribution in [0.1, 0.15) is 59.8 Å². The van der Waals surface area contributed by atoms with Crippen LogP contribution in [-0.4, -0.2) is 95.6 Å². The lowest BCUT2D eigenvalue weighted by atomic mass is 9.86. The topological polar surface area (TPSA) is 279 Å². The van der Waals surface area contributed by atoms with E-state index in [0.717, 1.165) is 11.1 Å². The highest BCUT2D eigenvalue weighted by Gasteiger charge is 2.49. The van der Waals surface area contributed by atoms with Gasteiger partial charge in [-0.3, -0.25) is 9.59 Å². The third-order valence-corrected chi connectivity index (χ3v) is 10.3. The van der Waals surface area contributed by atoms with Gasteiger partial charge in [0.2, 0.25) is 12.2 Å². The third kappa shape index (κ3) is 6.35. The van der Waals surface area contributed by atoms with Crippen molar-refractivity contribution in [3.8, 4) is 22.9 Å². The highest BCUT2D eigenvalue weighted by Crippen LogP contribution is 2.41. The fraction of sp³-hybridized carbons (Fsp3) is 0.368. The minimum Gasteiger partial charge on any atom is -0.479 e. The van der Waals surface area contributed by atoms with Crippen LogP contribution in [0.2, 0.25) is 0 Å². The Morgan fingerprint density at radius 2 is 1.80 bits per heavy atom. The molecule has 7 rings (SSSR count). The number of carboxylic acids is 1. The molecule has 1 fully saturated rings. The molecule has 7 atom stereocenters. The number of ether oxygens (including phenoxy) is 4. The summed E-state index contributed by atoms with van der Waals surface area (Å²) in [6, 6.07) is 9.18.